The number of aryl methyl sites for hydroxylation is 1. The number of aliphatic hydroxyl groups excluding tert-OH is 1. The fourth-order valence-corrected chi connectivity index (χ4v) is 4.38. The molecule has 1 amide bonds. The van der Waals surface area contributed by atoms with Crippen molar-refractivity contribution in [3.63, 3.8) is 0 Å². The molecule has 0 aliphatic carbocycles. The van der Waals surface area contributed by atoms with E-state index in [-0.39, 0.29) is 18.3 Å². The third-order valence-electron chi connectivity index (χ3n) is 4.86. The van der Waals surface area contributed by atoms with Crippen LogP contribution in [0.2, 0.25) is 0 Å². The summed E-state index contributed by atoms with van der Waals surface area (Å²) >= 11 is 1.45. The fourth-order valence-electron chi connectivity index (χ4n) is 3.49. The summed E-state index contributed by atoms with van der Waals surface area (Å²) in [6.45, 7) is 3.05. The zero-order valence-electron chi connectivity index (χ0n) is 13.8. The van der Waals surface area contributed by atoms with E-state index in [1.165, 1.54) is 17.4 Å². The van der Waals surface area contributed by atoms with Crippen LogP contribution >= 0.6 is 11.3 Å². The molecule has 128 valence electrons. The number of amides is 1. The van der Waals surface area contributed by atoms with Gasteiger partial charge in [0.05, 0.1) is 11.5 Å². The Labute approximate surface area is 145 Å². The minimum absolute atomic E-state index is 0.0218. The molecule has 1 saturated heterocycles. The van der Waals surface area contributed by atoms with Crippen LogP contribution in [-0.2, 0) is 6.42 Å². The molecule has 1 atom stereocenters. The first kappa shape index (κ1) is 17.1. The normalized spacial score (nSPS) is 21.0. The average molecular weight is 347 g/mol. The lowest BCUT2D eigenvalue weighted by Crippen LogP contribution is -2.49. The monoisotopic (exact) mass is 347 g/mol. The fraction of sp³-hybridized carbons (Fsp3) is 0.421. The Morgan fingerprint density at radius 2 is 2.17 bits per heavy atom. The lowest BCUT2D eigenvalue weighted by Gasteiger charge is -2.42. The number of halogens is 1. The summed E-state index contributed by atoms with van der Waals surface area (Å²) in [6, 6.07) is 8.63. The molecule has 1 N–H and O–H groups in total. The van der Waals surface area contributed by atoms with Gasteiger partial charge in [0.25, 0.3) is 5.91 Å². The molecule has 5 heteroatoms. The molecule has 2 heterocycles. The van der Waals surface area contributed by atoms with Gasteiger partial charge >= 0.3 is 0 Å². The van der Waals surface area contributed by atoms with Gasteiger partial charge in [-0.3, -0.25) is 4.79 Å². The van der Waals surface area contributed by atoms with Gasteiger partial charge in [0.1, 0.15) is 5.82 Å². The lowest BCUT2D eigenvalue weighted by molar-refractivity contribution is 0.0271. The smallest absolute Gasteiger partial charge is 0.264 e. The number of nitrogens with zero attached hydrogens (tertiary/aromatic N) is 1. The van der Waals surface area contributed by atoms with Crippen molar-refractivity contribution in [2.75, 3.05) is 19.7 Å². The SMILES string of the molecule is Cc1ccsc1C(=O)N1CCC[C@](CO)(Cc2ccccc2F)C1. The van der Waals surface area contributed by atoms with Crippen LogP contribution in [0.25, 0.3) is 0 Å². The second-order valence-electron chi connectivity index (χ2n) is 6.69. The summed E-state index contributed by atoms with van der Waals surface area (Å²) in [5.41, 5.74) is 1.12. The molecular weight excluding hydrogens is 325 g/mol. The van der Waals surface area contributed by atoms with Crippen molar-refractivity contribution in [3.8, 4) is 0 Å². The second kappa shape index (κ2) is 7.03. The molecule has 0 bridgehead atoms. The molecule has 1 aliphatic heterocycles. The van der Waals surface area contributed by atoms with E-state index in [2.05, 4.69) is 0 Å². The van der Waals surface area contributed by atoms with Crippen molar-refractivity contribution in [3.05, 3.63) is 57.5 Å². The first-order chi connectivity index (χ1) is 11.5. The third kappa shape index (κ3) is 3.37. The Morgan fingerprint density at radius 1 is 1.38 bits per heavy atom. The molecule has 0 spiro atoms. The maximum atomic E-state index is 14.0. The van der Waals surface area contributed by atoms with Gasteiger partial charge in [0, 0.05) is 18.5 Å². The molecule has 0 saturated carbocycles. The van der Waals surface area contributed by atoms with Crippen molar-refractivity contribution in [1.82, 2.24) is 4.90 Å². The van der Waals surface area contributed by atoms with Crippen molar-refractivity contribution in [1.29, 1.82) is 0 Å². The maximum Gasteiger partial charge on any atom is 0.264 e. The number of rotatable bonds is 4. The molecule has 1 aromatic carbocycles. The highest BCUT2D eigenvalue weighted by molar-refractivity contribution is 7.12. The number of carbonyl (C=O) groups is 1. The average Bonchev–Trinajstić information content (AvgIpc) is 3.02. The quantitative estimate of drug-likeness (QED) is 0.917. The van der Waals surface area contributed by atoms with Crippen LogP contribution in [0, 0.1) is 18.2 Å². The van der Waals surface area contributed by atoms with Crippen LogP contribution in [-0.4, -0.2) is 35.6 Å². The number of benzene rings is 1. The van der Waals surface area contributed by atoms with Crippen molar-refractivity contribution < 1.29 is 14.3 Å². The number of hydrogen-bond acceptors (Lipinski definition) is 3. The van der Waals surface area contributed by atoms with Crippen LogP contribution in [0.5, 0.6) is 0 Å². The van der Waals surface area contributed by atoms with Gasteiger partial charge in [-0.25, -0.2) is 4.39 Å². The van der Waals surface area contributed by atoms with Gasteiger partial charge in [-0.15, -0.1) is 11.3 Å². The van der Waals surface area contributed by atoms with E-state index in [0.29, 0.717) is 25.1 Å². The van der Waals surface area contributed by atoms with Gasteiger partial charge in [-0.05, 0) is 54.8 Å². The highest BCUT2D eigenvalue weighted by Gasteiger charge is 2.38. The van der Waals surface area contributed by atoms with Crippen LogP contribution in [0.4, 0.5) is 4.39 Å². The molecule has 0 unspecified atom stereocenters. The molecule has 24 heavy (non-hydrogen) atoms. The predicted octanol–water partition coefficient (Wildman–Crippen LogP) is 3.65. The zero-order valence-corrected chi connectivity index (χ0v) is 14.6. The van der Waals surface area contributed by atoms with E-state index in [0.717, 1.165) is 23.3 Å². The van der Waals surface area contributed by atoms with E-state index >= 15 is 0 Å². The maximum absolute atomic E-state index is 14.0. The topological polar surface area (TPSA) is 40.5 Å². The van der Waals surface area contributed by atoms with Crippen LogP contribution in [0.3, 0.4) is 0 Å². The third-order valence-corrected chi connectivity index (χ3v) is 5.87. The van der Waals surface area contributed by atoms with Crippen LogP contribution in [0.1, 0.15) is 33.6 Å². The molecule has 1 aromatic heterocycles. The molecule has 3 rings (SSSR count). The first-order valence-electron chi connectivity index (χ1n) is 8.22. The first-order valence-corrected chi connectivity index (χ1v) is 9.10. The van der Waals surface area contributed by atoms with Gasteiger partial charge in [0.2, 0.25) is 0 Å². The Balaban J connectivity index is 1.81. The molecular formula is C19H22FNO2S. The lowest BCUT2D eigenvalue weighted by atomic mass is 9.75. The number of carbonyl (C=O) groups excluding carboxylic acids is 1. The van der Waals surface area contributed by atoms with Gasteiger partial charge < -0.3 is 10.0 Å². The highest BCUT2D eigenvalue weighted by atomic mass is 32.1. The largest absolute Gasteiger partial charge is 0.396 e. The number of hydrogen-bond donors (Lipinski definition) is 1. The van der Waals surface area contributed by atoms with E-state index in [1.807, 2.05) is 29.3 Å². The standard InChI is InChI=1S/C19H22FNO2S/c1-14-7-10-24-17(14)18(23)21-9-4-8-19(12-21,13-22)11-15-5-2-3-6-16(15)20/h2-3,5-7,10,22H,4,8-9,11-13H2,1H3/t19-/m0/s1. The second-order valence-corrected chi connectivity index (χ2v) is 7.61. The van der Waals surface area contributed by atoms with Gasteiger partial charge in [0.15, 0.2) is 0 Å². The van der Waals surface area contributed by atoms with Crippen molar-refractivity contribution in [2.45, 2.75) is 26.2 Å². The number of likely N-dealkylation sites (tertiary alicyclic amines) is 1. The summed E-state index contributed by atoms with van der Waals surface area (Å²) in [5.74, 6) is -0.226. The Kier molecular flexibility index (Phi) is 5.01. The Morgan fingerprint density at radius 3 is 2.83 bits per heavy atom. The van der Waals surface area contributed by atoms with E-state index < -0.39 is 5.41 Å². The van der Waals surface area contributed by atoms with Crippen LogP contribution in [0.15, 0.2) is 35.7 Å². The highest BCUT2D eigenvalue weighted by Crippen LogP contribution is 2.35. The number of piperidine rings is 1. The summed E-state index contributed by atoms with van der Waals surface area (Å²) in [5, 5.41) is 11.9. The summed E-state index contributed by atoms with van der Waals surface area (Å²) < 4.78 is 14.0. The molecule has 1 fully saturated rings. The minimum atomic E-state index is -0.471. The predicted molar refractivity (Wildman–Crippen MR) is 93.8 cm³/mol. The van der Waals surface area contributed by atoms with Crippen molar-refractivity contribution in [2.24, 2.45) is 5.41 Å². The number of aliphatic hydroxyl groups is 1. The Hall–Kier alpha value is -1.72. The summed E-state index contributed by atoms with van der Waals surface area (Å²) in [7, 11) is 0. The minimum Gasteiger partial charge on any atom is -0.396 e. The van der Waals surface area contributed by atoms with E-state index in [1.54, 1.807) is 12.1 Å². The van der Waals surface area contributed by atoms with Crippen molar-refractivity contribution >= 4 is 17.2 Å². The Bertz CT molecular complexity index is 730. The molecule has 1 aliphatic rings. The molecule has 0 radical (unpaired) electrons. The summed E-state index contributed by atoms with van der Waals surface area (Å²) in [6.07, 6.45) is 2.07. The molecule has 3 nitrogen and oxygen atoms in total. The zero-order chi connectivity index (χ0) is 17.2. The van der Waals surface area contributed by atoms with Crippen LogP contribution < -0.4 is 0 Å². The summed E-state index contributed by atoms with van der Waals surface area (Å²) in [4.78, 5) is 15.4. The number of thiophene rings is 1. The van der Waals surface area contributed by atoms with E-state index in [9.17, 15) is 14.3 Å². The van der Waals surface area contributed by atoms with E-state index in [4.69, 9.17) is 0 Å². The van der Waals surface area contributed by atoms with Gasteiger partial charge in [-0.1, -0.05) is 18.2 Å². The molecule has 2 aromatic rings. The van der Waals surface area contributed by atoms with Gasteiger partial charge in [-0.2, -0.15) is 0 Å².